The molecule has 3 rings (SSSR count). The zero-order chi connectivity index (χ0) is 31.4. The summed E-state index contributed by atoms with van der Waals surface area (Å²) in [7, 11) is 1.28. The van der Waals surface area contributed by atoms with Crippen molar-refractivity contribution >= 4 is 35.5 Å². The lowest BCUT2D eigenvalue weighted by molar-refractivity contribution is -0.149. The maximum atomic E-state index is 14.1. The van der Waals surface area contributed by atoms with Crippen LogP contribution in [0.1, 0.15) is 79.6 Å². The van der Waals surface area contributed by atoms with Crippen LogP contribution in [0.25, 0.3) is 0 Å². The standard InChI is InChI=1S/C30H47N5O7/c1-17(2)19-12-15-35(21(19)25(38)32-20(16-18-10-11-18)22(36)24(31)37)26(39)23(29(3,4)5)33-28(41)34-30(27(40)42-6)13-8-7-9-14-30/h10-11,17-21,23H,7-9,12-16H2,1-6H3,(H2,31,37)(H,32,38)(H2,33,34,41)/t19-,20?,21+,23-/m1/s1. The number of ketones is 1. The van der Waals surface area contributed by atoms with E-state index in [1.807, 2.05) is 46.8 Å². The van der Waals surface area contributed by atoms with Crippen molar-refractivity contribution in [3.63, 3.8) is 0 Å². The van der Waals surface area contributed by atoms with E-state index in [2.05, 4.69) is 16.0 Å². The van der Waals surface area contributed by atoms with Gasteiger partial charge in [-0.05, 0) is 48.9 Å². The molecule has 1 heterocycles. The maximum absolute atomic E-state index is 14.1. The summed E-state index contributed by atoms with van der Waals surface area (Å²) in [5, 5.41) is 8.30. The predicted molar refractivity (Wildman–Crippen MR) is 155 cm³/mol. The van der Waals surface area contributed by atoms with Gasteiger partial charge in [-0.1, -0.05) is 66.0 Å². The first-order chi connectivity index (χ1) is 19.6. The maximum Gasteiger partial charge on any atom is 0.331 e. The van der Waals surface area contributed by atoms with E-state index in [0.29, 0.717) is 19.3 Å². The number of methoxy groups -OCH3 is 1. The smallest absolute Gasteiger partial charge is 0.331 e. The average molecular weight is 590 g/mol. The predicted octanol–water partition coefficient (Wildman–Crippen LogP) is 1.56. The van der Waals surface area contributed by atoms with Gasteiger partial charge in [0.25, 0.3) is 5.91 Å². The molecule has 0 aromatic carbocycles. The monoisotopic (exact) mass is 589 g/mol. The molecule has 234 valence electrons. The van der Waals surface area contributed by atoms with Gasteiger partial charge in [-0.25, -0.2) is 9.59 Å². The molecule has 0 radical (unpaired) electrons. The molecule has 42 heavy (non-hydrogen) atoms. The largest absolute Gasteiger partial charge is 0.467 e. The number of allylic oxidation sites excluding steroid dienone is 2. The van der Waals surface area contributed by atoms with Crippen molar-refractivity contribution in [2.75, 3.05) is 13.7 Å². The number of urea groups is 1. The van der Waals surface area contributed by atoms with Gasteiger partial charge in [-0.15, -0.1) is 0 Å². The van der Waals surface area contributed by atoms with Crippen LogP contribution in [-0.2, 0) is 28.7 Å². The van der Waals surface area contributed by atoms with Gasteiger partial charge in [0.1, 0.15) is 17.6 Å². The van der Waals surface area contributed by atoms with Gasteiger partial charge in [-0.3, -0.25) is 19.2 Å². The van der Waals surface area contributed by atoms with E-state index in [1.54, 1.807) is 0 Å². The molecule has 1 saturated heterocycles. The van der Waals surface area contributed by atoms with Crippen LogP contribution in [0.3, 0.4) is 0 Å². The molecule has 0 bridgehead atoms. The second kappa shape index (κ2) is 13.2. The molecule has 12 nitrogen and oxygen atoms in total. The highest BCUT2D eigenvalue weighted by molar-refractivity contribution is 6.37. The summed E-state index contributed by atoms with van der Waals surface area (Å²) in [6.45, 7) is 9.62. The molecular weight excluding hydrogens is 542 g/mol. The van der Waals surface area contributed by atoms with E-state index in [9.17, 15) is 28.8 Å². The van der Waals surface area contributed by atoms with E-state index < -0.39 is 64.6 Å². The van der Waals surface area contributed by atoms with Gasteiger partial charge in [0.15, 0.2) is 0 Å². The Morgan fingerprint density at radius 3 is 2.14 bits per heavy atom. The first-order valence-electron chi connectivity index (χ1n) is 14.9. The molecule has 2 aliphatic carbocycles. The van der Waals surface area contributed by atoms with Crippen molar-refractivity contribution in [2.24, 2.45) is 28.9 Å². The van der Waals surface area contributed by atoms with Crippen LogP contribution in [0.2, 0.25) is 0 Å². The molecule has 0 aromatic heterocycles. The number of carbonyl (C=O) groups is 6. The van der Waals surface area contributed by atoms with E-state index in [0.717, 1.165) is 19.3 Å². The number of esters is 1. The fourth-order valence-corrected chi connectivity index (χ4v) is 6.20. The molecule has 5 amide bonds. The molecule has 0 aromatic rings. The van der Waals surface area contributed by atoms with Gasteiger partial charge in [0, 0.05) is 6.54 Å². The van der Waals surface area contributed by atoms with Gasteiger partial charge < -0.3 is 31.3 Å². The lowest BCUT2D eigenvalue weighted by Gasteiger charge is -2.39. The Morgan fingerprint density at radius 1 is 1.02 bits per heavy atom. The van der Waals surface area contributed by atoms with Crippen LogP contribution in [0.4, 0.5) is 4.79 Å². The molecule has 2 fully saturated rings. The molecule has 5 N–H and O–H groups in total. The van der Waals surface area contributed by atoms with Crippen LogP contribution in [-0.4, -0.2) is 77.7 Å². The number of Topliss-reactive ketones (excluding diaryl/α,β-unsaturated/α-hetero) is 1. The Labute approximate surface area is 247 Å². The highest BCUT2D eigenvalue weighted by atomic mass is 16.5. The first kappa shape index (κ1) is 33.1. The molecule has 1 saturated carbocycles. The summed E-state index contributed by atoms with van der Waals surface area (Å²) in [5.74, 6) is -3.71. The van der Waals surface area contributed by atoms with Crippen molar-refractivity contribution in [1.29, 1.82) is 0 Å². The van der Waals surface area contributed by atoms with Crippen LogP contribution in [0.5, 0.6) is 0 Å². The summed E-state index contributed by atoms with van der Waals surface area (Å²) in [6.07, 6.45) is 7.83. The quantitative estimate of drug-likeness (QED) is 0.161. The minimum Gasteiger partial charge on any atom is -0.467 e. The normalized spacial score (nSPS) is 23.1. The number of likely N-dealkylation sites (tertiary alicyclic amines) is 1. The molecule has 4 atom stereocenters. The minimum absolute atomic E-state index is 0.00811. The summed E-state index contributed by atoms with van der Waals surface area (Å²) in [4.78, 5) is 79.6. The highest BCUT2D eigenvalue weighted by Gasteiger charge is 2.49. The van der Waals surface area contributed by atoms with Crippen LogP contribution >= 0.6 is 0 Å². The third-order valence-corrected chi connectivity index (χ3v) is 8.73. The van der Waals surface area contributed by atoms with Gasteiger partial charge in [0.05, 0.1) is 13.2 Å². The van der Waals surface area contributed by atoms with Crippen molar-refractivity contribution < 1.29 is 33.5 Å². The summed E-state index contributed by atoms with van der Waals surface area (Å²) < 4.78 is 5.00. The topological polar surface area (TPSA) is 177 Å². The SMILES string of the molecule is COC(=O)C1(NC(=O)N[C@H](C(=O)N2CC[C@H](C(C)C)[C@H]2C(=O)NC(CC2C=C2)C(=O)C(N)=O)C(C)(C)C)CCCCC1. The van der Waals surface area contributed by atoms with Crippen LogP contribution < -0.4 is 21.7 Å². The number of primary amides is 1. The Kier molecular flexibility index (Phi) is 10.4. The number of nitrogens with zero attached hydrogens (tertiary/aromatic N) is 1. The number of nitrogens with one attached hydrogen (secondary N) is 3. The second-order valence-corrected chi connectivity index (χ2v) is 13.3. The number of nitrogens with two attached hydrogens (primary N) is 1. The molecular formula is C30H47N5O7. The first-order valence-corrected chi connectivity index (χ1v) is 14.9. The van der Waals surface area contributed by atoms with E-state index in [1.165, 1.54) is 12.0 Å². The van der Waals surface area contributed by atoms with E-state index in [-0.39, 0.29) is 30.7 Å². The molecule has 12 heteroatoms. The molecule has 0 spiro atoms. The Balaban J connectivity index is 1.83. The van der Waals surface area contributed by atoms with Crippen molar-refractivity contribution in [2.45, 2.75) is 103 Å². The summed E-state index contributed by atoms with van der Waals surface area (Å²) in [6, 6.07) is -3.72. The average Bonchev–Trinajstić information content (AvgIpc) is 3.62. The number of hydrogen-bond acceptors (Lipinski definition) is 7. The second-order valence-electron chi connectivity index (χ2n) is 13.3. The summed E-state index contributed by atoms with van der Waals surface area (Å²) in [5.41, 5.74) is 3.33. The van der Waals surface area contributed by atoms with Crippen molar-refractivity contribution in [1.82, 2.24) is 20.9 Å². The lowest BCUT2D eigenvalue weighted by atomic mass is 9.81. The lowest BCUT2D eigenvalue weighted by Crippen LogP contribution is -2.64. The van der Waals surface area contributed by atoms with E-state index >= 15 is 0 Å². The highest BCUT2D eigenvalue weighted by Crippen LogP contribution is 2.34. The third kappa shape index (κ3) is 7.69. The number of rotatable bonds is 11. The third-order valence-electron chi connectivity index (χ3n) is 8.73. The van der Waals surface area contributed by atoms with Gasteiger partial charge >= 0.3 is 12.0 Å². The number of hydrogen-bond donors (Lipinski definition) is 4. The zero-order valence-electron chi connectivity index (χ0n) is 25.7. The fraction of sp³-hybridized carbons (Fsp3) is 0.733. The Hall–Kier alpha value is -3.44. The Bertz CT molecular complexity index is 1100. The van der Waals surface area contributed by atoms with Gasteiger partial charge in [0.2, 0.25) is 17.6 Å². The molecule has 1 unspecified atom stereocenters. The zero-order valence-corrected chi connectivity index (χ0v) is 25.7. The fourth-order valence-electron chi connectivity index (χ4n) is 6.20. The van der Waals surface area contributed by atoms with E-state index in [4.69, 9.17) is 10.5 Å². The number of ether oxygens (including phenoxy) is 1. The molecule has 3 aliphatic rings. The number of carbonyl (C=O) groups excluding carboxylic acids is 6. The van der Waals surface area contributed by atoms with Crippen molar-refractivity contribution in [3.8, 4) is 0 Å². The minimum atomic E-state index is -1.17. The van der Waals surface area contributed by atoms with Gasteiger partial charge in [-0.2, -0.15) is 0 Å². The molecule has 1 aliphatic heterocycles. The van der Waals surface area contributed by atoms with Crippen LogP contribution in [0, 0.1) is 23.2 Å². The van der Waals surface area contributed by atoms with Crippen LogP contribution in [0.15, 0.2) is 12.2 Å². The van der Waals surface area contributed by atoms with Crippen molar-refractivity contribution in [3.05, 3.63) is 12.2 Å². The summed E-state index contributed by atoms with van der Waals surface area (Å²) >= 11 is 0. The number of amides is 5. The Morgan fingerprint density at radius 2 is 1.64 bits per heavy atom.